The summed E-state index contributed by atoms with van der Waals surface area (Å²) in [6.07, 6.45) is 8.51. The van der Waals surface area contributed by atoms with Crippen LogP contribution in [0.15, 0.2) is 18.2 Å². The highest BCUT2D eigenvalue weighted by Crippen LogP contribution is 2.22. The maximum Gasteiger partial charge on any atom is 0.338 e. The quantitative estimate of drug-likeness (QED) is 0.795. The molecule has 1 fully saturated rings. The summed E-state index contributed by atoms with van der Waals surface area (Å²) >= 11 is 0. The van der Waals surface area contributed by atoms with Crippen LogP contribution in [0.5, 0.6) is 0 Å². The molecule has 0 unspecified atom stereocenters. The molecular formula is C21H28N2O4. The highest BCUT2D eigenvalue weighted by Gasteiger charge is 2.23. The summed E-state index contributed by atoms with van der Waals surface area (Å²) in [6.45, 7) is 1.47. The SMILES string of the molecule is C[C@H](OC(=O)c1ccc2c(c1)CCCC2)C(=O)NC(=O)NC1CCCCC1. The summed E-state index contributed by atoms with van der Waals surface area (Å²) in [5.41, 5.74) is 2.91. The zero-order valence-electron chi connectivity index (χ0n) is 15.9. The third kappa shape index (κ3) is 5.31. The van der Waals surface area contributed by atoms with Gasteiger partial charge in [-0.15, -0.1) is 0 Å². The van der Waals surface area contributed by atoms with E-state index in [-0.39, 0.29) is 6.04 Å². The molecule has 2 N–H and O–H groups in total. The fourth-order valence-electron chi connectivity index (χ4n) is 3.82. The van der Waals surface area contributed by atoms with E-state index >= 15 is 0 Å². The molecule has 0 saturated heterocycles. The van der Waals surface area contributed by atoms with Crippen LogP contribution in [-0.4, -0.2) is 30.1 Å². The van der Waals surface area contributed by atoms with Gasteiger partial charge in [0.15, 0.2) is 6.10 Å². The van der Waals surface area contributed by atoms with Crippen molar-refractivity contribution in [1.82, 2.24) is 10.6 Å². The topological polar surface area (TPSA) is 84.5 Å². The molecule has 0 radical (unpaired) electrons. The van der Waals surface area contributed by atoms with Crippen LogP contribution < -0.4 is 10.6 Å². The van der Waals surface area contributed by atoms with Crippen LogP contribution in [0, 0.1) is 0 Å². The van der Waals surface area contributed by atoms with Gasteiger partial charge >= 0.3 is 12.0 Å². The van der Waals surface area contributed by atoms with Crippen LogP contribution in [-0.2, 0) is 22.4 Å². The first-order valence-electron chi connectivity index (χ1n) is 9.97. The fourth-order valence-corrected chi connectivity index (χ4v) is 3.82. The largest absolute Gasteiger partial charge is 0.449 e. The lowest BCUT2D eigenvalue weighted by molar-refractivity contribution is -0.127. The monoisotopic (exact) mass is 372 g/mol. The minimum absolute atomic E-state index is 0.111. The summed E-state index contributed by atoms with van der Waals surface area (Å²) in [5.74, 6) is -1.16. The van der Waals surface area contributed by atoms with Crippen molar-refractivity contribution in [2.75, 3.05) is 0 Å². The molecule has 1 atom stereocenters. The third-order valence-corrected chi connectivity index (χ3v) is 5.41. The Hall–Kier alpha value is -2.37. The highest BCUT2D eigenvalue weighted by atomic mass is 16.5. The maximum absolute atomic E-state index is 12.3. The van der Waals surface area contributed by atoms with Crippen LogP contribution in [0.25, 0.3) is 0 Å². The predicted octanol–water partition coefficient (Wildman–Crippen LogP) is 3.27. The van der Waals surface area contributed by atoms with Gasteiger partial charge in [0.1, 0.15) is 0 Å². The Balaban J connectivity index is 1.49. The molecule has 3 amide bonds. The van der Waals surface area contributed by atoms with Gasteiger partial charge in [-0.05, 0) is 68.7 Å². The second-order valence-corrected chi connectivity index (χ2v) is 7.54. The van der Waals surface area contributed by atoms with Crippen molar-refractivity contribution in [1.29, 1.82) is 0 Å². The van der Waals surface area contributed by atoms with Gasteiger partial charge in [0, 0.05) is 6.04 Å². The van der Waals surface area contributed by atoms with Gasteiger partial charge in [-0.2, -0.15) is 0 Å². The number of hydrogen-bond donors (Lipinski definition) is 2. The van der Waals surface area contributed by atoms with Crippen molar-refractivity contribution >= 4 is 17.9 Å². The van der Waals surface area contributed by atoms with Crippen LogP contribution in [0.3, 0.4) is 0 Å². The van der Waals surface area contributed by atoms with Crippen molar-refractivity contribution in [2.45, 2.75) is 76.9 Å². The summed E-state index contributed by atoms with van der Waals surface area (Å²) in [4.78, 5) is 36.4. The Morgan fingerprint density at radius 2 is 1.70 bits per heavy atom. The number of rotatable bonds is 4. The molecule has 0 spiro atoms. The van der Waals surface area contributed by atoms with Gasteiger partial charge in [0.2, 0.25) is 0 Å². The molecule has 2 aliphatic rings. The molecule has 1 aromatic rings. The molecular weight excluding hydrogens is 344 g/mol. The van der Waals surface area contributed by atoms with E-state index in [1.807, 2.05) is 12.1 Å². The van der Waals surface area contributed by atoms with Crippen molar-refractivity contribution in [3.8, 4) is 0 Å². The third-order valence-electron chi connectivity index (χ3n) is 5.41. The number of benzene rings is 1. The van der Waals surface area contributed by atoms with Crippen LogP contribution in [0.4, 0.5) is 4.79 Å². The molecule has 1 saturated carbocycles. The predicted molar refractivity (Wildman–Crippen MR) is 102 cm³/mol. The molecule has 146 valence electrons. The fraction of sp³-hybridized carbons (Fsp3) is 0.571. The summed E-state index contributed by atoms with van der Waals surface area (Å²) in [5, 5.41) is 5.08. The number of fused-ring (bicyclic) bond motifs is 1. The van der Waals surface area contributed by atoms with Gasteiger partial charge in [-0.25, -0.2) is 9.59 Å². The average Bonchev–Trinajstić information content (AvgIpc) is 2.68. The zero-order valence-corrected chi connectivity index (χ0v) is 15.9. The van der Waals surface area contributed by atoms with E-state index in [2.05, 4.69) is 10.6 Å². The van der Waals surface area contributed by atoms with Gasteiger partial charge in [-0.3, -0.25) is 10.1 Å². The number of carbonyl (C=O) groups is 3. The van der Waals surface area contributed by atoms with Gasteiger partial charge in [0.05, 0.1) is 5.56 Å². The van der Waals surface area contributed by atoms with E-state index < -0.39 is 24.0 Å². The van der Waals surface area contributed by atoms with Crippen LogP contribution in [0.1, 0.15) is 73.4 Å². The molecule has 0 bridgehead atoms. The molecule has 6 nitrogen and oxygen atoms in total. The second kappa shape index (κ2) is 9.02. The molecule has 3 rings (SSSR count). The Bertz CT molecular complexity index is 710. The lowest BCUT2D eigenvalue weighted by atomic mass is 9.90. The van der Waals surface area contributed by atoms with E-state index in [9.17, 15) is 14.4 Å². The number of hydrogen-bond acceptors (Lipinski definition) is 4. The first kappa shape index (κ1) is 19.4. The standard InChI is InChI=1S/C21H28N2O4/c1-14(19(24)23-21(26)22-18-9-3-2-4-10-18)27-20(25)17-12-11-15-7-5-6-8-16(15)13-17/h11-14,18H,2-10H2,1H3,(H2,22,23,24,26)/t14-/m0/s1. The number of amides is 3. The number of aryl methyl sites for hydroxylation is 2. The van der Waals surface area contributed by atoms with Crippen molar-refractivity contribution in [3.63, 3.8) is 0 Å². The van der Waals surface area contributed by atoms with Gasteiger partial charge in [-0.1, -0.05) is 25.3 Å². The molecule has 1 aromatic carbocycles. The highest BCUT2D eigenvalue weighted by molar-refractivity contribution is 5.98. The molecule has 6 heteroatoms. The molecule has 0 aromatic heterocycles. The van der Waals surface area contributed by atoms with Crippen molar-refractivity contribution in [3.05, 3.63) is 34.9 Å². The Kier molecular flexibility index (Phi) is 6.48. The van der Waals surface area contributed by atoms with E-state index in [4.69, 9.17) is 4.74 Å². The molecule has 0 aliphatic heterocycles. The van der Waals surface area contributed by atoms with Crippen LogP contribution in [0.2, 0.25) is 0 Å². The number of ether oxygens (including phenoxy) is 1. The summed E-state index contributed by atoms with van der Waals surface area (Å²) in [6, 6.07) is 5.15. The number of imide groups is 1. The molecule has 2 aliphatic carbocycles. The lowest BCUT2D eigenvalue weighted by Crippen LogP contribution is -2.48. The number of carbonyl (C=O) groups excluding carboxylic acids is 3. The minimum atomic E-state index is -1.04. The van der Waals surface area contributed by atoms with Crippen LogP contribution >= 0.6 is 0 Å². The Morgan fingerprint density at radius 3 is 2.44 bits per heavy atom. The van der Waals surface area contributed by atoms with Gasteiger partial charge < -0.3 is 10.1 Å². The minimum Gasteiger partial charge on any atom is -0.449 e. The maximum atomic E-state index is 12.3. The van der Waals surface area contributed by atoms with E-state index in [1.165, 1.54) is 30.9 Å². The van der Waals surface area contributed by atoms with Gasteiger partial charge in [0.25, 0.3) is 5.91 Å². The first-order valence-corrected chi connectivity index (χ1v) is 9.97. The normalized spacial score (nSPS) is 18.1. The molecule has 0 heterocycles. The first-order chi connectivity index (χ1) is 13.0. The van der Waals surface area contributed by atoms with Crippen molar-refractivity contribution < 1.29 is 19.1 Å². The average molecular weight is 372 g/mol. The van der Waals surface area contributed by atoms with Crippen molar-refractivity contribution in [2.24, 2.45) is 0 Å². The smallest absolute Gasteiger partial charge is 0.338 e. The zero-order chi connectivity index (χ0) is 19.2. The number of nitrogens with one attached hydrogen (secondary N) is 2. The molecule has 27 heavy (non-hydrogen) atoms. The summed E-state index contributed by atoms with van der Waals surface area (Å²) in [7, 11) is 0. The van der Waals surface area contributed by atoms with E-state index in [0.717, 1.165) is 44.9 Å². The number of esters is 1. The lowest BCUT2D eigenvalue weighted by Gasteiger charge is -2.23. The second-order valence-electron chi connectivity index (χ2n) is 7.54. The number of urea groups is 1. The van der Waals surface area contributed by atoms with E-state index in [1.54, 1.807) is 6.07 Å². The summed E-state index contributed by atoms with van der Waals surface area (Å²) < 4.78 is 5.25. The Labute approximate surface area is 160 Å². The van der Waals surface area contributed by atoms with E-state index in [0.29, 0.717) is 5.56 Å². The Morgan fingerprint density at radius 1 is 1.00 bits per heavy atom.